The predicted molar refractivity (Wildman–Crippen MR) is 118 cm³/mol. The van der Waals surface area contributed by atoms with Gasteiger partial charge in [0.05, 0.1) is 0 Å². The Bertz CT molecular complexity index is 970. The zero-order chi connectivity index (χ0) is 22.6. The van der Waals surface area contributed by atoms with Crippen molar-refractivity contribution in [2.45, 2.75) is 43.9 Å². The van der Waals surface area contributed by atoms with Gasteiger partial charge in [-0.05, 0) is 43.4 Å². The van der Waals surface area contributed by atoms with Crippen LogP contribution in [0.25, 0.3) is 5.70 Å². The number of anilines is 2. The minimum atomic E-state index is -4.53. The number of aromatic nitrogens is 2. The molecule has 2 aromatic rings. The van der Waals surface area contributed by atoms with E-state index in [1.807, 2.05) is 24.3 Å². The maximum atomic E-state index is 13.2. The predicted octanol–water partition coefficient (Wildman–Crippen LogP) is 4.53. The summed E-state index contributed by atoms with van der Waals surface area (Å²) < 4.78 is 39.6. The van der Waals surface area contributed by atoms with Crippen LogP contribution in [0.5, 0.6) is 0 Å². The van der Waals surface area contributed by atoms with E-state index in [1.165, 1.54) is 4.90 Å². The third kappa shape index (κ3) is 5.91. The molecule has 1 saturated carbocycles. The molecule has 1 aliphatic carbocycles. The van der Waals surface area contributed by atoms with E-state index in [0.29, 0.717) is 0 Å². The van der Waals surface area contributed by atoms with Crippen molar-refractivity contribution in [3.8, 4) is 12.3 Å². The standard InChI is InChI=1S/C23H26F3N5/c1-5-16-7-6-8-17(13-16)15(2)27-18-9-11-19(12-10-18)28-21-14-20(23(24,25)26)29-22(30-21)31(3)4/h1,6-8,13-14,18-19,27H,2,9-12H2,3-4H3,(H,28,29,30). The molecule has 31 heavy (non-hydrogen) atoms. The zero-order valence-electron chi connectivity index (χ0n) is 17.6. The molecule has 0 saturated heterocycles. The smallest absolute Gasteiger partial charge is 0.382 e. The quantitative estimate of drug-likeness (QED) is 0.661. The molecule has 0 unspecified atom stereocenters. The van der Waals surface area contributed by atoms with Crippen LogP contribution in [0.2, 0.25) is 0 Å². The topological polar surface area (TPSA) is 53.1 Å². The molecule has 0 amide bonds. The molecule has 164 valence electrons. The maximum Gasteiger partial charge on any atom is 0.433 e. The van der Waals surface area contributed by atoms with Gasteiger partial charge < -0.3 is 15.5 Å². The molecule has 0 bridgehead atoms. The molecule has 1 aliphatic rings. The summed E-state index contributed by atoms with van der Waals surface area (Å²) in [5, 5.41) is 6.61. The Morgan fingerprint density at radius 1 is 1.13 bits per heavy atom. The Morgan fingerprint density at radius 2 is 1.81 bits per heavy atom. The number of alkyl halides is 3. The highest BCUT2D eigenvalue weighted by atomic mass is 19.4. The van der Waals surface area contributed by atoms with Crippen LogP contribution in [-0.4, -0.2) is 36.1 Å². The van der Waals surface area contributed by atoms with Gasteiger partial charge in [0.15, 0.2) is 5.69 Å². The molecule has 1 heterocycles. The van der Waals surface area contributed by atoms with Crippen LogP contribution in [-0.2, 0) is 6.18 Å². The molecule has 2 N–H and O–H groups in total. The molecule has 0 spiro atoms. The fraction of sp³-hybridized carbons (Fsp3) is 0.391. The van der Waals surface area contributed by atoms with Crippen LogP contribution in [0.15, 0.2) is 36.9 Å². The first-order valence-corrected chi connectivity index (χ1v) is 10.1. The van der Waals surface area contributed by atoms with E-state index in [9.17, 15) is 13.2 Å². The van der Waals surface area contributed by atoms with Crippen molar-refractivity contribution in [2.24, 2.45) is 0 Å². The normalized spacial score (nSPS) is 18.7. The fourth-order valence-electron chi connectivity index (χ4n) is 3.57. The molecule has 1 fully saturated rings. The van der Waals surface area contributed by atoms with Gasteiger partial charge in [-0.15, -0.1) is 6.42 Å². The van der Waals surface area contributed by atoms with Gasteiger partial charge in [0.25, 0.3) is 0 Å². The molecule has 1 aromatic carbocycles. The lowest BCUT2D eigenvalue weighted by molar-refractivity contribution is -0.141. The van der Waals surface area contributed by atoms with Gasteiger partial charge in [0, 0.05) is 43.5 Å². The first-order valence-electron chi connectivity index (χ1n) is 10.1. The molecule has 1 aromatic heterocycles. The summed E-state index contributed by atoms with van der Waals surface area (Å²) >= 11 is 0. The van der Waals surface area contributed by atoms with E-state index in [2.05, 4.69) is 33.1 Å². The summed E-state index contributed by atoms with van der Waals surface area (Å²) in [5.41, 5.74) is 1.62. The van der Waals surface area contributed by atoms with Crippen molar-refractivity contribution in [3.63, 3.8) is 0 Å². The lowest BCUT2D eigenvalue weighted by Crippen LogP contribution is -2.36. The fourth-order valence-corrected chi connectivity index (χ4v) is 3.57. The van der Waals surface area contributed by atoms with E-state index in [-0.39, 0.29) is 23.8 Å². The van der Waals surface area contributed by atoms with E-state index in [4.69, 9.17) is 6.42 Å². The zero-order valence-corrected chi connectivity index (χ0v) is 17.6. The molecular formula is C23H26F3N5. The van der Waals surface area contributed by atoms with E-state index < -0.39 is 11.9 Å². The Hall–Kier alpha value is -3.21. The van der Waals surface area contributed by atoms with Crippen molar-refractivity contribution in [1.29, 1.82) is 0 Å². The number of benzene rings is 1. The highest BCUT2D eigenvalue weighted by Gasteiger charge is 2.34. The van der Waals surface area contributed by atoms with Gasteiger partial charge in [0.2, 0.25) is 5.95 Å². The van der Waals surface area contributed by atoms with Gasteiger partial charge >= 0.3 is 6.18 Å². The maximum absolute atomic E-state index is 13.2. The summed E-state index contributed by atoms with van der Waals surface area (Å²) in [4.78, 5) is 9.28. The van der Waals surface area contributed by atoms with Gasteiger partial charge in [-0.2, -0.15) is 18.2 Å². The average Bonchev–Trinajstić information content (AvgIpc) is 2.74. The SMILES string of the molecule is C#Cc1cccc(C(=C)NC2CCC(Nc3cc(C(F)(F)F)nc(N(C)C)n3)CC2)c1. The first-order chi connectivity index (χ1) is 14.7. The number of nitrogens with zero attached hydrogens (tertiary/aromatic N) is 3. The second kappa shape index (κ2) is 9.29. The van der Waals surface area contributed by atoms with Crippen molar-refractivity contribution in [2.75, 3.05) is 24.3 Å². The van der Waals surface area contributed by atoms with Crippen LogP contribution < -0.4 is 15.5 Å². The number of rotatable bonds is 6. The van der Waals surface area contributed by atoms with Gasteiger partial charge in [0.1, 0.15) is 5.82 Å². The number of halogens is 3. The third-order valence-corrected chi connectivity index (χ3v) is 5.24. The van der Waals surface area contributed by atoms with E-state index in [0.717, 1.165) is 48.6 Å². The Morgan fingerprint density at radius 3 is 2.42 bits per heavy atom. The lowest BCUT2D eigenvalue weighted by Gasteiger charge is -2.31. The van der Waals surface area contributed by atoms with Crippen molar-refractivity contribution < 1.29 is 13.2 Å². The number of terminal acetylenes is 1. The molecule has 0 atom stereocenters. The monoisotopic (exact) mass is 429 g/mol. The molecule has 0 aliphatic heterocycles. The third-order valence-electron chi connectivity index (χ3n) is 5.24. The largest absolute Gasteiger partial charge is 0.433 e. The lowest BCUT2D eigenvalue weighted by atomic mass is 9.90. The highest BCUT2D eigenvalue weighted by Crippen LogP contribution is 2.31. The molecule has 3 rings (SSSR count). The highest BCUT2D eigenvalue weighted by molar-refractivity contribution is 5.63. The van der Waals surface area contributed by atoms with E-state index in [1.54, 1.807) is 14.1 Å². The molecule has 8 heteroatoms. The molecular weight excluding hydrogens is 403 g/mol. The minimum Gasteiger partial charge on any atom is -0.382 e. The van der Waals surface area contributed by atoms with Crippen LogP contribution in [0, 0.1) is 12.3 Å². The second-order valence-electron chi connectivity index (χ2n) is 7.87. The van der Waals surface area contributed by atoms with Crippen molar-refractivity contribution in [1.82, 2.24) is 15.3 Å². The minimum absolute atomic E-state index is 0.0261. The first kappa shape index (κ1) is 22.5. The summed E-state index contributed by atoms with van der Waals surface area (Å²) in [6.45, 7) is 4.12. The molecule has 0 radical (unpaired) electrons. The van der Waals surface area contributed by atoms with Crippen molar-refractivity contribution in [3.05, 3.63) is 53.7 Å². The molecule has 5 nitrogen and oxygen atoms in total. The Balaban J connectivity index is 1.59. The van der Waals surface area contributed by atoms with Crippen LogP contribution in [0.3, 0.4) is 0 Å². The van der Waals surface area contributed by atoms with Crippen LogP contribution in [0.1, 0.15) is 42.5 Å². The number of hydrogen-bond acceptors (Lipinski definition) is 5. The Labute approximate surface area is 180 Å². The van der Waals surface area contributed by atoms with Crippen LogP contribution in [0.4, 0.5) is 24.9 Å². The number of hydrogen-bond donors (Lipinski definition) is 2. The van der Waals surface area contributed by atoms with Crippen LogP contribution >= 0.6 is 0 Å². The van der Waals surface area contributed by atoms with E-state index >= 15 is 0 Å². The average molecular weight is 429 g/mol. The summed E-state index contributed by atoms with van der Waals surface area (Å²) in [6, 6.07) is 8.90. The summed E-state index contributed by atoms with van der Waals surface area (Å²) in [6.07, 6.45) is 4.27. The number of nitrogens with one attached hydrogen (secondary N) is 2. The van der Waals surface area contributed by atoms with Gasteiger partial charge in [-0.1, -0.05) is 24.6 Å². The summed E-state index contributed by atoms with van der Waals surface area (Å²) in [5.74, 6) is 2.84. The summed E-state index contributed by atoms with van der Waals surface area (Å²) in [7, 11) is 3.23. The second-order valence-corrected chi connectivity index (χ2v) is 7.87. The van der Waals surface area contributed by atoms with Gasteiger partial charge in [-0.25, -0.2) is 4.98 Å². The van der Waals surface area contributed by atoms with Crippen molar-refractivity contribution >= 4 is 17.5 Å². The Kier molecular flexibility index (Phi) is 6.74. The van der Waals surface area contributed by atoms with Gasteiger partial charge in [-0.3, -0.25) is 0 Å².